The van der Waals surface area contributed by atoms with E-state index in [0.29, 0.717) is 6.54 Å². The molecule has 15 heavy (non-hydrogen) atoms. The number of nitrogens with two attached hydrogens (primary N) is 1. The molecular formula is C13H14ClN. The zero-order chi connectivity index (χ0) is 9.80. The molecule has 78 valence electrons. The molecule has 2 heteroatoms. The van der Waals surface area contributed by atoms with Crippen molar-refractivity contribution < 1.29 is 0 Å². The lowest BCUT2D eigenvalue weighted by molar-refractivity contribution is 1.07. The SMILES string of the molecule is Cl.NCc1cccc(-c2ccccc2)c1. The van der Waals surface area contributed by atoms with E-state index in [0.717, 1.165) is 0 Å². The van der Waals surface area contributed by atoms with Crippen LogP contribution in [0.1, 0.15) is 5.56 Å². The Morgan fingerprint density at radius 2 is 1.47 bits per heavy atom. The van der Waals surface area contributed by atoms with Crippen LogP contribution >= 0.6 is 12.4 Å². The summed E-state index contributed by atoms with van der Waals surface area (Å²) in [7, 11) is 0. The summed E-state index contributed by atoms with van der Waals surface area (Å²) in [6.07, 6.45) is 0. The van der Waals surface area contributed by atoms with Crippen LogP contribution in [-0.4, -0.2) is 0 Å². The van der Waals surface area contributed by atoms with Crippen molar-refractivity contribution >= 4 is 12.4 Å². The highest BCUT2D eigenvalue weighted by Gasteiger charge is 1.96. The molecule has 0 aliphatic rings. The topological polar surface area (TPSA) is 26.0 Å². The summed E-state index contributed by atoms with van der Waals surface area (Å²) in [5, 5.41) is 0. The van der Waals surface area contributed by atoms with E-state index in [9.17, 15) is 0 Å². The van der Waals surface area contributed by atoms with Crippen molar-refractivity contribution in [3.63, 3.8) is 0 Å². The maximum Gasteiger partial charge on any atom is 0.0178 e. The summed E-state index contributed by atoms with van der Waals surface area (Å²) in [5.74, 6) is 0. The van der Waals surface area contributed by atoms with Crippen molar-refractivity contribution in [3.8, 4) is 11.1 Å². The largest absolute Gasteiger partial charge is 0.326 e. The molecule has 0 radical (unpaired) electrons. The van der Waals surface area contributed by atoms with Gasteiger partial charge < -0.3 is 5.73 Å². The van der Waals surface area contributed by atoms with Crippen molar-refractivity contribution in [2.45, 2.75) is 6.54 Å². The summed E-state index contributed by atoms with van der Waals surface area (Å²) in [6.45, 7) is 0.598. The molecule has 0 saturated carbocycles. The van der Waals surface area contributed by atoms with Crippen LogP contribution in [0.4, 0.5) is 0 Å². The van der Waals surface area contributed by atoms with E-state index < -0.39 is 0 Å². The Kier molecular flexibility index (Phi) is 4.35. The number of hydrogen-bond donors (Lipinski definition) is 1. The van der Waals surface area contributed by atoms with Gasteiger partial charge in [-0.25, -0.2) is 0 Å². The molecule has 0 unspecified atom stereocenters. The van der Waals surface area contributed by atoms with E-state index in [-0.39, 0.29) is 12.4 Å². The molecule has 0 aliphatic heterocycles. The van der Waals surface area contributed by atoms with Gasteiger partial charge in [-0.1, -0.05) is 48.5 Å². The van der Waals surface area contributed by atoms with E-state index in [4.69, 9.17) is 5.73 Å². The molecule has 0 saturated heterocycles. The maximum atomic E-state index is 5.60. The van der Waals surface area contributed by atoms with Crippen molar-refractivity contribution in [1.82, 2.24) is 0 Å². The quantitative estimate of drug-likeness (QED) is 0.825. The molecule has 0 atom stereocenters. The Balaban J connectivity index is 0.00000112. The lowest BCUT2D eigenvalue weighted by Crippen LogP contribution is -1.95. The normalized spacial score (nSPS) is 9.40. The minimum Gasteiger partial charge on any atom is -0.326 e. The molecule has 0 aromatic heterocycles. The fourth-order valence-electron chi connectivity index (χ4n) is 1.51. The van der Waals surface area contributed by atoms with Crippen LogP contribution in [0, 0.1) is 0 Å². The van der Waals surface area contributed by atoms with Gasteiger partial charge in [-0.15, -0.1) is 12.4 Å². The van der Waals surface area contributed by atoms with Crippen LogP contribution < -0.4 is 5.73 Å². The minimum absolute atomic E-state index is 0. The van der Waals surface area contributed by atoms with E-state index in [1.165, 1.54) is 16.7 Å². The molecule has 2 rings (SSSR count). The average Bonchev–Trinajstić information content (AvgIpc) is 2.30. The molecule has 0 aliphatic carbocycles. The molecule has 2 aromatic carbocycles. The van der Waals surface area contributed by atoms with Gasteiger partial charge in [0.05, 0.1) is 0 Å². The smallest absolute Gasteiger partial charge is 0.0178 e. The zero-order valence-corrected chi connectivity index (χ0v) is 9.21. The third-order valence-electron chi connectivity index (χ3n) is 2.27. The van der Waals surface area contributed by atoms with E-state index >= 15 is 0 Å². The molecule has 0 bridgehead atoms. The van der Waals surface area contributed by atoms with Gasteiger partial charge >= 0.3 is 0 Å². The van der Waals surface area contributed by atoms with E-state index in [1.54, 1.807) is 0 Å². The van der Waals surface area contributed by atoms with Gasteiger partial charge in [0.1, 0.15) is 0 Å². The number of rotatable bonds is 2. The van der Waals surface area contributed by atoms with Crippen LogP contribution in [0.2, 0.25) is 0 Å². The number of hydrogen-bond acceptors (Lipinski definition) is 1. The van der Waals surface area contributed by atoms with Crippen LogP contribution in [0.15, 0.2) is 54.6 Å². The lowest BCUT2D eigenvalue weighted by Gasteiger charge is -2.03. The predicted molar refractivity (Wildman–Crippen MR) is 67.0 cm³/mol. The molecule has 1 nitrogen and oxygen atoms in total. The Morgan fingerprint density at radius 3 is 2.13 bits per heavy atom. The third kappa shape index (κ3) is 2.82. The van der Waals surface area contributed by atoms with Crippen LogP contribution in [0.5, 0.6) is 0 Å². The predicted octanol–water partition coefficient (Wildman–Crippen LogP) is 3.23. The third-order valence-corrected chi connectivity index (χ3v) is 2.27. The van der Waals surface area contributed by atoms with Gasteiger partial charge in [0.25, 0.3) is 0 Å². The van der Waals surface area contributed by atoms with E-state index in [1.807, 2.05) is 30.3 Å². The Bertz CT molecular complexity index is 412. The van der Waals surface area contributed by atoms with Gasteiger partial charge in [-0.3, -0.25) is 0 Å². The van der Waals surface area contributed by atoms with Crippen molar-refractivity contribution in [1.29, 1.82) is 0 Å². The molecular weight excluding hydrogens is 206 g/mol. The Hall–Kier alpha value is -1.31. The highest BCUT2D eigenvalue weighted by molar-refractivity contribution is 5.85. The average molecular weight is 220 g/mol. The van der Waals surface area contributed by atoms with Crippen molar-refractivity contribution in [2.24, 2.45) is 5.73 Å². The van der Waals surface area contributed by atoms with Gasteiger partial charge in [-0.05, 0) is 22.8 Å². The summed E-state index contributed by atoms with van der Waals surface area (Å²) in [6, 6.07) is 18.7. The van der Waals surface area contributed by atoms with Gasteiger partial charge in [0.2, 0.25) is 0 Å². The monoisotopic (exact) mass is 219 g/mol. The van der Waals surface area contributed by atoms with Crippen molar-refractivity contribution in [2.75, 3.05) is 0 Å². The summed E-state index contributed by atoms with van der Waals surface area (Å²) < 4.78 is 0. The Morgan fingerprint density at radius 1 is 0.800 bits per heavy atom. The van der Waals surface area contributed by atoms with Gasteiger partial charge in [0.15, 0.2) is 0 Å². The number of benzene rings is 2. The first kappa shape index (κ1) is 11.8. The standard InChI is InChI=1S/C13H13N.ClH/c14-10-11-5-4-8-13(9-11)12-6-2-1-3-7-12;/h1-9H,10,14H2;1H. The molecule has 0 fully saturated rings. The first-order valence-corrected chi connectivity index (χ1v) is 4.74. The minimum atomic E-state index is 0. The maximum absolute atomic E-state index is 5.60. The fraction of sp³-hybridized carbons (Fsp3) is 0.0769. The highest BCUT2D eigenvalue weighted by Crippen LogP contribution is 2.19. The molecule has 2 aromatic rings. The molecule has 2 N–H and O–H groups in total. The zero-order valence-electron chi connectivity index (χ0n) is 8.39. The summed E-state index contributed by atoms with van der Waals surface area (Å²) in [5.41, 5.74) is 9.24. The van der Waals surface area contributed by atoms with E-state index in [2.05, 4.69) is 24.3 Å². The van der Waals surface area contributed by atoms with Crippen molar-refractivity contribution in [3.05, 3.63) is 60.2 Å². The summed E-state index contributed by atoms with van der Waals surface area (Å²) >= 11 is 0. The molecule has 0 heterocycles. The van der Waals surface area contributed by atoms with Gasteiger partial charge in [-0.2, -0.15) is 0 Å². The lowest BCUT2D eigenvalue weighted by atomic mass is 10.0. The molecule has 0 spiro atoms. The second-order valence-corrected chi connectivity index (χ2v) is 3.27. The second-order valence-electron chi connectivity index (χ2n) is 3.27. The second kappa shape index (κ2) is 5.54. The molecule has 0 amide bonds. The van der Waals surface area contributed by atoms with Gasteiger partial charge in [0, 0.05) is 6.54 Å². The first-order chi connectivity index (χ1) is 6.90. The first-order valence-electron chi connectivity index (χ1n) is 4.74. The summed E-state index contributed by atoms with van der Waals surface area (Å²) in [4.78, 5) is 0. The van der Waals surface area contributed by atoms with Crippen LogP contribution in [0.25, 0.3) is 11.1 Å². The van der Waals surface area contributed by atoms with Crippen LogP contribution in [-0.2, 0) is 6.54 Å². The highest BCUT2D eigenvalue weighted by atomic mass is 35.5. The Labute approximate surface area is 96.3 Å². The number of halogens is 1. The van der Waals surface area contributed by atoms with Crippen LogP contribution in [0.3, 0.4) is 0 Å². The fourth-order valence-corrected chi connectivity index (χ4v) is 1.51.